The molecule has 0 bridgehead atoms. The number of nitriles is 1. The average Bonchev–Trinajstić information content (AvgIpc) is 3.40. The molecule has 1 heterocycles. The van der Waals surface area contributed by atoms with Crippen molar-refractivity contribution in [3.63, 3.8) is 0 Å². The normalized spacial score (nSPS) is 9.70. The predicted molar refractivity (Wildman–Crippen MR) is 132 cm³/mol. The number of aromatic nitrogens is 2. The fraction of sp³-hybridized carbons (Fsp3) is 0.208. The van der Waals surface area contributed by atoms with Crippen molar-refractivity contribution in [1.82, 2.24) is 20.4 Å². The first kappa shape index (κ1) is 25.4. The first-order valence-electron chi connectivity index (χ1n) is 10.3. The number of rotatable bonds is 10. The first-order chi connectivity index (χ1) is 16.1. The van der Waals surface area contributed by atoms with Crippen molar-refractivity contribution in [2.45, 2.75) is 18.2 Å². The molecule has 0 unspecified atom stereocenters. The van der Waals surface area contributed by atoms with E-state index in [9.17, 15) is 9.59 Å². The molecule has 2 N–H and O–H groups in total. The first-order valence-corrected chi connectivity index (χ1v) is 11.3. The third-order valence-corrected chi connectivity index (χ3v) is 5.51. The highest BCUT2D eigenvalue weighted by atomic mass is 32.2. The Labute approximate surface area is 197 Å². The summed E-state index contributed by atoms with van der Waals surface area (Å²) in [6.07, 6.45) is 5.29. The van der Waals surface area contributed by atoms with Crippen molar-refractivity contribution in [3.05, 3.63) is 60.9 Å². The number of thioether (sulfide) groups is 1. The summed E-state index contributed by atoms with van der Waals surface area (Å²) in [5.41, 5.74) is 4.25. The minimum absolute atomic E-state index is 0.0284. The molecule has 0 radical (unpaired) electrons. The van der Waals surface area contributed by atoms with Crippen LogP contribution < -0.4 is 10.6 Å². The molecule has 3 aromatic rings. The molecule has 0 aliphatic carbocycles. The predicted octanol–water partition coefficient (Wildman–Crippen LogP) is 3.75. The minimum Gasteiger partial charge on any atom is -0.350 e. The maximum Gasteiger partial charge on any atom is 0.240 e. The van der Waals surface area contributed by atoms with Crippen LogP contribution in [0.4, 0.5) is 5.69 Å². The lowest BCUT2D eigenvalue weighted by molar-refractivity contribution is -0.121. The molecule has 2 aromatic carbocycles. The van der Waals surface area contributed by atoms with E-state index in [-0.39, 0.29) is 19.0 Å². The number of benzene rings is 2. The third-order valence-electron chi connectivity index (χ3n) is 4.26. The van der Waals surface area contributed by atoms with Crippen LogP contribution >= 0.6 is 11.8 Å². The van der Waals surface area contributed by atoms with Gasteiger partial charge in [-0.1, -0.05) is 37.3 Å². The van der Waals surface area contributed by atoms with Crippen LogP contribution in [0.15, 0.2) is 70.8 Å². The van der Waals surface area contributed by atoms with Crippen LogP contribution in [0, 0.1) is 11.3 Å². The Kier molecular flexibility index (Phi) is 10.9. The van der Waals surface area contributed by atoms with E-state index >= 15 is 0 Å². The van der Waals surface area contributed by atoms with Gasteiger partial charge in [-0.25, -0.2) is 4.68 Å². The number of hydrogen-bond donors (Lipinski definition) is 2. The smallest absolute Gasteiger partial charge is 0.240 e. The zero-order valence-electron chi connectivity index (χ0n) is 18.4. The number of nitrogens with one attached hydrogen (secondary N) is 2. The lowest BCUT2D eigenvalue weighted by atomic mass is 10.0. The van der Waals surface area contributed by atoms with Crippen molar-refractivity contribution in [2.24, 2.45) is 4.99 Å². The molecular weight excluding hydrogens is 436 g/mol. The number of carbonyl (C=O) groups excluding carboxylic acids is 2. The second-order valence-corrected chi connectivity index (χ2v) is 7.73. The fourth-order valence-electron chi connectivity index (χ4n) is 2.79. The van der Waals surface area contributed by atoms with Crippen LogP contribution in [-0.2, 0) is 9.59 Å². The minimum atomic E-state index is -0.367. The largest absolute Gasteiger partial charge is 0.350 e. The van der Waals surface area contributed by atoms with Gasteiger partial charge in [0.2, 0.25) is 12.3 Å². The van der Waals surface area contributed by atoms with Crippen LogP contribution in [0.25, 0.3) is 16.8 Å². The second-order valence-electron chi connectivity index (χ2n) is 6.59. The van der Waals surface area contributed by atoms with Crippen LogP contribution in [0.1, 0.15) is 13.3 Å². The third kappa shape index (κ3) is 7.94. The van der Waals surface area contributed by atoms with Gasteiger partial charge < -0.3 is 10.6 Å². The van der Waals surface area contributed by atoms with Crippen molar-refractivity contribution >= 4 is 36.5 Å². The van der Waals surface area contributed by atoms with E-state index in [2.05, 4.69) is 70.8 Å². The van der Waals surface area contributed by atoms with E-state index in [1.54, 1.807) is 12.3 Å². The standard InChI is InChI=1S/C19H19N3S.C5H7N3O2/c1-3-12-23-19-13-16(15-8-5-4-6-9-15)18(14-17(19)20-2)22-11-7-10-21-22;6-1-2-8-5(10)3-7-4-9/h4-11,13-14H,2-3,12H2,1H3;4H,2-3H2,(H,7,9)(H,8,10). The van der Waals surface area contributed by atoms with E-state index in [4.69, 9.17) is 5.26 Å². The van der Waals surface area contributed by atoms with Gasteiger partial charge in [0.05, 0.1) is 24.0 Å². The molecule has 0 aliphatic rings. The summed E-state index contributed by atoms with van der Waals surface area (Å²) in [7, 11) is 0. The summed E-state index contributed by atoms with van der Waals surface area (Å²) >= 11 is 1.82. The maximum absolute atomic E-state index is 10.5. The number of carbonyl (C=O) groups is 2. The lowest BCUT2D eigenvalue weighted by Gasteiger charge is -2.14. The van der Waals surface area contributed by atoms with Crippen molar-refractivity contribution < 1.29 is 9.59 Å². The Morgan fingerprint density at radius 2 is 2.09 bits per heavy atom. The summed E-state index contributed by atoms with van der Waals surface area (Å²) in [6.45, 7) is 5.81. The zero-order chi connectivity index (χ0) is 23.9. The summed E-state index contributed by atoms with van der Waals surface area (Å²) in [6, 6.07) is 18.3. The molecule has 3 rings (SSSR count). The van der Waals surface area contributed by atoms with Gasteiger partial charge in [-0.2, -0.15) is 10.4 Å². The SMILES string of the molecule is C=Nc1cc(-n2cccn2)c(-c2ccccc2)cc1SCCC.N#CCNC(=O)CNC=O. The Balaban J connectivity index is 0.000000328. The van der Waals surface area contributed by atoms with E-state index in [0.29, 0.717) is 6.41 Å². The molecule has 8 nitrogen and oxygen atoms in total. The maximum atomic E-state index is 10.5. The molecule has 0 atom stereocenters. The summed E-state index contributed by atoms with van der Waals surface area (Å²) < 4.78 is 1.88. The van der Waals surface area contributed by atoms with Crippen LogP contribution in [-0.4, -0.2) is 47.7 Å². The summed E-state index contributed by atoms with van der Waals surface area (Å²) in [5, 5.41) is 16.8. The highest BCUT2D eigenvalue weighted by molar-refractivity contribution is 7.99. The van der Waals surface area contributed by atoms with Gasteiger partial charge in [-0.3, -0.25) is 14.6 Å². The molecule has 2 amide bonds. The molecule has 0 saturated carbocycles. The van der Waals surface area contributed by atoms with E-state index in [1.165, 1.54) is 5.56 Å². The Bertz CT molecular complexity index is 1080. The molecule has 170 valence electrons. The highest BCUT2D eigenvalue weighted by Crippen LogP contribution is 2.38. The second kappa shape index (κ2) is 14.2. The zero-order valence-corrected chi connectivity index (χ0v) is 19.2. The Morgan fingerprint density at radius 1 is 1.30 bits per heavy atom. The molecule has 0 saturated heterocycles. The Morgan fingerprint density at radius 3 is 2.70 bits per heavy atom. The molecule has 33 heavy (non-hydrogen) atoms. The molecule has 0 spiro atoms. The number of nitrogens with zero attached hydrogens (tertiary/aromatic N) is 4. The number of aliphatic imine (C=N–C) groups is 1. The van der Waals surface area contributed by atoms with Gasteiger partial charge in [0.1, 0.15) is 6.54 Å². The quantitative estimate of drug-likeness (QED) is 0.206. The monoisotopic (exact) mass is 462 g/mol. The van der Waals surface area contributed by atoms with Crippen molar-refractivity contribution in [3.8, 4) is 22.9 Å². The van der Waals surface area contributed by atoms with E-state index in [1.807, 2.05) is 34.8 Å². The van der Waals surface area contributed by atoms with Crippen LogP contribution in [0.5, 0.6) is 0 Å². The molecular formula is C24H26N6O2S. The number of hydrogen-bond acceptors (Lipinski definition) is 6. The van der Waals surface area contributed by atoms with Gasteiger partial charge in [0, 0.05) is 22.9 Å². The van der Waals surface area contributed by atoms with Crippen LogP contribution in [0.2, 0.25) is 0 Å². The fourth-order valence-corrected chi connectivity index (χ4v) is 3.69. The molecule has 1 aromatic heterocycles. The Hall–Kier alpha value is -3.90. The summed E-state index contributed by atoms with van der Waals surface area (Å²) in [4.78, 5) is 25.5. The molecule has 0 fully saturated rings. The van der Waals surface area contributed by atoms with Gasteiger partial charge >= 0.3 is 0 Å². The van der Waals surface area contributed by atoms with E-state index in [0.717, 1.165) is 34.0 Å². The highest BCUT2D eigenvalue weighted by Gasteiger charge is 2.13. The average molecular weight is 463 g/mol. The van der Waals surface area contributed by atoms with Gasteiger partial charge in [0.25, 0.3) is 0 Å². The lowest BCUT2D eigenvalue weighted by Crippen LogP contribution is -2.33. The topological polar surface area (TPSA) is 112 Å². The van der Waals surface area contributed by atoms with Gasteiger partial charge in [-0.05, 0) is 42.7 Å². The van der Waals surface area contributed by atoms with Gasteiger partial charge in [0.15, 0.2) is 0 Å². The van der Waals surface area contributed by atoms with Gasteiger partial charge in [-0.15, -0.1) is 11.8 Å². The van der Waals surface area contributed by atoms with Crippen molar-refractivity contribution in [2.75, 3.05) is 18.8 Å². The summed E-state index contributed by atoms with van der Waals surface area (Å²) in [5.74, 6) is 0.700. The van der Waals surface area contributed by atoms with Crippen LogP contribution in [0.3, 0.4) is 0 Å². The number of amides is 2. The van der Waals surface area contributed by atoms with Crippen molar-refractivity contribution in [1.29, 1.82) is 5.26 Å². The van der Waals surface area contributed by atoms with E-state index < -0.39 is 0 Å². The molecule has 0 aliphatic heterocycles. The molecule has 9 heteroatoms.